The summed E-state index contributed by atoms with van der Waals surface area (Å²) in [5, 5.41) is 0. The largest absolute Gasteiger partial charge is 0.466 e. The van der Waals surface area contributed by atoms with Crippen LogP contribution < -0.4 is 6.15 Å². The van der Waals surface area contributed by atoms with Crippen molar-refractivity contribution < 1.29 is 19.1 Å². The molecule has 0 saturated carbocycles. The van der Waals surface area contributed by atoms with Gasteiger partial charge in [-0.15, -0.1) is 0 Å². The van der Waals surface area contributed by atoms with Gasteiger partial charge in [-0.3, -0.25) is 0 Å². The lowest BCUT2D eigenvalue weighted by atomic mass is 10.3. The van der Waals surface area contributed by atoms with Crippen LogP contribution in [0.1, 0.15) is 6.92 Å². The van der Waals surface area contributed by atoms with E-state index in [0.717, 1.165) is 6.08 Å². The molecule has 5 heteroatoms. The molecule has 3 N–H and O–H groups in total. The van der Waals surface area contributed by atoms with Crippen LogP contribution in [-0.2, 0) is 19.1 Å². The van der Waals surface area contributed by atoms with Gasteiger partial charge in [0.15, 0.2) is 0 Å². The smallest absolute Gasteiger partial charge is 0.333 e. The molecule has 12 heavy (non-hydrogen) atoms. The van der Waals surface area contributed by atoms with Crippen molar-refractivity contribution in [2.75, 3.05) is 14.2 Å². The molecule has 0 radical (unpaired) electrons. The number of carbonyl (C=O) groups excluding carboxylic acids is 2. The van der Waals surface area contributed by atoms with E-state index in [1.165, 1.54) is 21.1 Å². The molecule has 0 heterocycles. The van der Waals surface area contributed by atoms with Crippen LogP contribution in [0.5, 0.6) is 0 Å². The van der Waals surface area contributed by atoms with Crippen molar-refractivity contribution >= 4 is 11.9 Å². The van der Waals surface area contributed by atoms with Gasteiger partial charge < -0.3 is 15.6 Å². The molecule has 0 aliphatic heterocycles. The minimum Gasteiger partial charge on any atom is -0.466 e. The van der Waals surface area contributed by atoms with E-state index in [1.807, 2.05) is 0 Å². The van der Waals surface area contributed by atoms with E-state index < -0.39 is 11.9 Å². The van der Waals surface area contributed by atoms with Crippen LogP contribution in [0, 0.1) is 0 Å². The van der Waals surface area contributed by atoms with E-state index in [4.69, 9.17) is 0 Å². The first kappa shape index (κ1) is 13.2. The minimum absolute atomic E-state index is 0. The van der Waals surface area contributed by atoms with Crippen LogP contribution in [0.15, 0.2) is 11.6 Å². The van der Waals surface area contributed by atoms with E-state index >= 15 is 0 Å². The van der Waals surface area contributed by atoms with E-state index in [9.17, 15) is 9.59 Å². The highest BCUT2D eigenvalue weighted by Crippen LogP contribution is 1.95. The number of methoxy groups -OCH3 is 2. The van der Waals surface area contributed by atoms with Gasteiger partial charge in [-0.25, -0.2) is 9.59 Å². The Morgan fingerprint density at radius 1 is 1.17 bits per heavy atom. The Kier molecular flexibility index (Phi) is 7.02. The predicted molar refractivity (Wildman–Crippen MR) is 42.8 cm³/mol. The van der Waals surface area contributed by atoms with Crippen LogP contribution in [0.4, 0.5) is 0 Å². The summed E-state index contributed by atoms with van der Waals surface area (Å²) in [5.41, 5.74) is 0.222. The lowest BCUT2D eigenvalue weighted by Gasteiger charge is -1.96. The van der Waals surface area contributed by atoms with Gasteiger partial charge in [0.2, 0.25) is 0 Å². The number of hydrogen-bond acceptors (Lipinski definition) is 5. The summed E-state index contributed by atoms with van der Waals surface area (Å²) < 4.78 is 8.63. The molecule has 0 aromatic heterocycles. The van der Waals surface area contributed by atoms with Gasteiger partial charge in [0.1, 0.15) is 0 Å². The van der Waals surface area contributed by atoms with Crippen molar-refractivity contribution in [3.8, 4) is 0 Å². The number of rotatable bonds is 2. The third-order valence-electron chi connectivity index (χ3n) is 1.04. The fourth-order valence-electron chi connectivity index (χ4n) is 0.456. The van der Waals surface area contributed by atoms with Crippen molar-refractivity contribution in [1.29, 1.82) is 0 Å². The Morgan fingerprint density at radius 3 is 2.00 bits per heavy atom. The summed E-state index contributed by atoms with van der Waals surface area (Å²) in [7, 11) is 2.49. The highest BCUT2D eigenvalue weighted by Gasteiger charge is 2.05. The second-order valence-electron chi connectivity index (χ2n) is 1.84. The molecule has 0 aromatic rings. The second-order valence-corrected chi connectivity index (χ2v) is 1.84. The first-order valence-electron chi connectivity index (χ1n) is 2.96. The summed E-state index contributed by atoms with van der Waals surface area (Å²) in [6, 6.07) is 0. The van der Waals surface area contributed by atoms with Crippen molar-refractivity contribution in [3.63, 3.8) is 0 Å². The normalized spacial score (nSPS) is 9.75. The zero-order valence-electron chi connectivity index (χ0n) is 7.42. The van der Waals surface area contributed by atoms with Gasteiger partial charge in [0, 0.05) is 11.6 Å². The van der Waals surface area contributed by atoms with Crippen molar-refractivity contribution in [3.05, 3.63) is 11.6 Å². The van der Waals surface area contributed by atoms with Crippen molar-refractivity contribution in [2.24, 2.45) is 0 Å². The van der Waals surface area contributed by atoms with Gasteiger partial charge in [-0.05, 0) is 6.92 Å². The molecule has 70 valence electrons. The highest BCUT2D eigenvalue weighted by molar-refractivity contribution is 5.95. The fourth-order valence-corrected chi connectivity index (χ4v) is 0.456. The first-order chi connectivity index (χ1) is 5.11. The van der Waals surface area contributed by atoms with E-state index in [-0.39, 0.29) is 11.7 Å². The number of ether oxygens (including phenoxy) is 2. The lowest BCUT2D eigenvalue weighted by Crippen LogP contribution is -2.05. The average Bonchev–Trinajstić information content (AvgIpc) is 2.02. The zero-order valence-corrected chi connectivity index (χ0v) is 7.42. The van der Waals surface area contributed by atoms with Crippen LogP contribution in [0.25, 0.3) is 0 Å². The summed E-state index contributed by atoms with van der Waals surface area (Å²) in [6.45, 7) is 1.47. The molecule has 0 atom stereocenters. The van der Waals surface area contributed by atoms with Gasteiger partial charge in [-0.1, -0.05) is 0 Å². The van der Waals surface area contributed by atoms with Crippen LogP contribution in [0.3, 0.4) is 0 Å². The molecular weight excluding hydrogens is 162 g/mol. The monoisotopic (exact) mass is 175 g/mol. The Bertz CT molecular complexity index is 198. The van der Waals surface area contributed by atoms with E-state index in [2.05, 4.69) is 9.47 Å². The molecule has 0 bridgehead atoms. The lowest BCUT2D eigenvalue weighted by molar-refractivity contribution is -0.138. The molecule has 0 fully saturated rings. The Labute approximate surface area is 70.9 Å². The maximum absolute atomic E-state index is 10.7. The SMILES string of the molecule is COC(=O)/C=C(/C)C(=O)OC.N. The van der Waals surface area contributed by atoms with Crippen LogP contribution >= 0.6 is 0 Å². The third kappa shape index (κ3) is 4.45. The molecule has 0 rings (SSSR count). The maximum Gasteiger partial charge on any atom is 0.333 e. The van der Waals surface area contributed by atoms with Crippen LogP contribution in [0.2, 0.25) is 0 Å². The summed E-state index contributed by atoms with van der Waals surface area (Å²) in [6.07, 6.45) is 1.08. The summed E-state index contributed by atoms with van der Waals surface area (Å²) in [4.78, 5) is 21.2. The molecule has 5 nitrogen and oxygen atoms in total. The number of hydrogen-bond donors (Lipinski definition) is 1. The predicted octanol–water partition coefficient (Wildman–Crippen LogP) is 0.441. The second kappa shape index (κ2) is 6.36. The standard InChI is InChI=1S/C7H10O4.H3N/c1-5(7(9)11-3)4-6(8)10-2;/h4H,1-3H3;1H3/b5-4-;. The topological polar surface area (TPSA) is 87.6 Å². The van der Waals surface area contributed by atoms with Gasteiger partial charge in [0.25, 0.3) is 0 Å². The molecule has 0 spiro atoms. The Morgan fingerprint density at radius 2 is 1.67 bits per heavy atom. The molecular formula is C7H13NO4. The molecule has 0 unspecified atom stereocenters. The first-order valence-corrected chi connectivity index (χ1v) is 2.96. The number of esters is 2. The van der Waals surface area contributed by atoms with Gasteiger partial charge in [-0.2, -0.15) is 0 Å². The Balaban J connectivity index is 0. The van der Waals surface area contributed by atoms with Gasteiger partial charge >= 0.3 is 11.9 Å². The maximum atomic E-state index is 10.7. The Hall–Kier alpha value is -1.36. The molecule has 0 saturated heterocycles. The fraction of sp³-hybridized carbons (Fsp3) is 0.429. The zero-order chi connectivity index (χ0) is 8.85. The summed E-state index contributed by atoms with van der Waals surface area (Å²) >= 11 is 0. The van der Waals surface area contributed by atoms with Gasteiger partial charge in [0.05, 0.1) is 14.2 Å². The molecule has 0 aliphatic carbocycles. The molecule has 0 amide bonds. The molecule has 0 aromatic carbocycles. The van der Waals surface area contributed by atoms with E-state index in [1.54, 1.807) is 0 Å². The summed E-state index contributed by atoms with van der Waals surface area (Å²) in [5.74, 6) is -1.09. The number of carbonyl (C=O) groups is 2. The van der Waals surface area contributed by atoms with E-state index in [0.29, 0.717) is 0 Å². The average molecular weight is 175 g/mol. The quantitative estimate of drug-likeness (QED) is 0.486. The van der Waals surface area contributed by atoms with Crippen molar-refractivity contribution in [2.45, 2.75) is 6.92 Å². The van der Waals surface area contributed by atoms with Crippen molar-refractivity contribution in [1.82, 2.24) is 6.15 Å². The minimum atomic E-state index is -0.562. The highest BCUT2D eigenvalue weighted by atomic mass is 16.5. The molecule has 0 aliphatic rings. The van der Waals surface area contributed by atoms with Crippen LogP contribution in [-0.4, -0.2) is 26.2 Å². The third-order valence-corrected chi connectivity index (χ3v) is 1.04.